The van der Waals surface area contributed by atoms with Crippen LogP contribution in [0.25, 0.3) is 0 Å². The van der Waals surface area contributed by atoms with Crippen LogP contribution in [0.15, 0.2) is 0 Å². The van der Waals surface area contributed by atoms with E-state index in [2.05, 4.69) is 18.4 Å². The normalized spacial score (nSPS) is 12.5. The zero-order valence-electron chi connectivity index (χ0n) is 19.4. The van der Waals surface area contributed by atoms with Crippen molar-refractivity contribution in [2.75, 3.05) is 13.2 Å². The van der Waals surface area contributed by atoms with Gasteiger partial charge in [0.1, 0.15) is 6.61 Å². The quantitative estimate of drug-likeness (QED) is 0.130. The minimum atomic E-state index is -4.71. The van der Waals surface area contributed by atoms with Crippen LogP contribution < -0.4 is 0 Å². The molecule has 184 valence electrons. The average Bonchev–Trinajstić information content (AvgIpc) is 2.71. The molecule has 0 aromatic carbocycles. The van der Waals surface area contributed by atoms with Gasteiger partial charge in [-0.3, -0.25) is 14.1 Å². The van der Waals surface area contributed by atoms with E-state index in [9.17, 15) is 14.2 Å². The maximum absolute atomic E-state index is 12.1. The third-order valence-electron chi connectivity index (χ3n) is 4.88. The monoisotopic (exact) mass is 466 g/mol. The Labute approximate surface area is 187 Å². The van der Waals surface area contributed by atoms with Gasteiger partial charge >= 0.3 is 19.8 Å². The van der Waals surface area contributed by atoms with Crippen LogP contribution in [0.1, 0.15) is 110 Å². The van der Waals surface area contributed by atoms with Gasteiger partial charge < -0.3 is 19.3 Å². The van der Waals surface area contributed by atoms with Gasteiger partial charge in [-0.1, -0.05) is 84.5 Å². The summed E-state index contributed by atoms with van der Waals surface area (Å²) in [5, 5.41) is 0. The summed E-state index contributed by atoms with van der Waals surface area (Å²) in [5.74, 6) is -0.909. The molecule has 0 saturated heterocycles. The van der Waals surface area contributed by atoms with E-state index in [1.807, 2.05) is 0 Å². The van der Waals surface area contributed by atoms with Gasteiger partial charge in [-0.05, 0) is 12.8 Å². The van der Waals surface area contributed by atoms with Gasteiger partial charge in [0.15, 0.2) is 6.10 Å². The Balaban J connectivity index is 4.14. The fourth-order valence-electron chi connectivity index (χ4n) is 3.08. The standard InChI is InChI=1S/C22H43O8P/c1-3-5-7-9-10-11-12-13-15-17-22(24)30-20(19-29-31(25,26)27)18-28-21(23)16-14-8-6-4-2/h20H,3-19H2,1-2H3,(H2,25,26,27). The first kappa shape index (κ1) is 30.0. The maximum Gasteiger partial charge on any atom is 0.469 e. The Hall–Kier alpha value is -0.950. The second kappa shape index (κ2) is 19.7. The molecule has 0 rings (SSSR count). The summed E-state index contributed by atoms with van der Waals surface area (Å²) < 4.78 is 25.7. The Kier molecular flexibility index (Phi) is 19.1. The Morgan fingerprint density at radius 1 is 0.710 bits per heavy atom. The van der Waals surface area contributed by atoms with Crippen molar-refractivity contribution in [2.45, 2.75) is 116 Å². The number of phosphoric acid groups is 1. The van der Waals surface area contributed by atoms with Crippen molar-refractivity contribution in [1.82, 2.24) is 0 Å². The van der Waals surface area contributed by atoms with Crippen LogP contribution in [0.4, 0.5) is 0 Å². The van der Waals surface area contributed by atoms with Crippen LogP contribution in [-0.4, -0.2) is 41.0 Å². The molecule has 8 nitrogen and oxygen atoms in total. The second-order valence-corrected chi connectivity index (χ2v) is 9.21. The molecule has 9 heteroatoms. The van der Waals surface area contributed by atoms with Gasteiger partial charge in [0.25, 0.3) is 0 Å². The predicted octanol–water partition coefficient (Wildman–Crippen LogP) is 5.44. The van der Waals surface area contributed by atoms with Crippen LogP contribution in [0, 0.1) is 0 Å². The van der Waals surface area contributed by atoms with Gasteiger partial charge in [-0.15, -0.1) is 0 Å². The number of carbonyl (C=O) groups excluding carboxylic acids is 2. The zero-order valence-corrected chi connectivity index (χ0v) is 20.3. The van der Waals surface area contributed by atoms with Crippen LogP contribution >= 0.6 is 7.82 Å². The molecule has 2 N–H and O–H groups in total. The van der Waals surface area contributed by atoms with Gasteiger partial charge in [0.05, 0.1) is 6.61 Å². The molecule has 0 spiro atoms. The number of hydrogen-bond acceptors (Lipinski definition) is 6. The molecule has 0 aromatic rings. The highest BCUT2D eigenvalue weighted by Crippen LogP contribution is 2.35. The van der Waals surface area contributed by atoms with E-state index in [0.29, 0.717) is 12.8 Å². The fourth-order valence-corrected chi connectivity index (χ4v) is 3.44. The molecule has 0 bridgehead atoms. The molecule has 1 unspecified atom stereocenters. The van der Waals surface area contributed by atoms with Crippen molar-refractivity contribution >= 4 is 19.8 Å². The SMILES string of the molecule is CCCCCCCCCCCC(=O)OC(COC(=O)CCCCCC)COP(=O)(O)O. The molecular formula is C22H43O8P. The molecule has 1 atom stereocenters. The van der Waals surface area contributed by atoms with Crippen LogP contribution in [0.5, 0.6) is 0 Å². The number of esters is 2. The molecular weight excluding hydrogens is 423 g/mol. The number of rotatable bonds is 21. The highest BCUT2D eigenvalue weighted by Gasteiger charge is 2.22. The van der Waals surface area contributed by atoms with Crippen LogP contribution in [-0.2, 0) is 28.2 Å². The molecule has 0 aromatic heterocycles. The van der Waals surface area contributed by atoms with E-state index in [1.165, 1.54) is 32.1 Å². The predicted molar refractivity (Wildman–Crippen MR) is 119 cm³/mol. The van der Waals surface area contributed by atoms with Crippen molar-refractivity contribution in [3.63, 3.8) is 0 Å². The lowest BCUT2D eigenvalue weighted by Gasteiger charge is -2.18. The van der Waals surface area contributed by atoms with E-state index >= 15 is 0 Å². The van der Waals surface area contributed by atoms with Crippen molar-refractivity contribution < 1.29 is 37.9 Å². The first-order valence-corrected chi connectivity index (χ1v) is 13.4. The smallest absolute Gasteiger partial charge is 0.462 e. The Morgan fingerprint density at radius 3 is 1.68 bits per heavy atom. The fraction of sp³-hybridized carbons (Fsp3) is 0.909. The number of unbranched alkanes of at least 4 members (excludes halogenated alkanes) is 11. The van der Waals surface area contributed by atoms with Crippen molar-refractivity contribution in [3.8, 4) is 0 Å². The highest BCUT2D eigenvalue weighted by molar-refractivity contribution is 7.46. The molecule has 0 amide bonds. The zero-order chi connectivity index (χ0) is 23.4. The number of carbonyl (C=O) groups is 2. The van der Waals surface area contributed by atoms with Gasteiger partial charge in [-0.25, -0.2) is 4.57 Å². The molecule has 0 heterocycles. The molecule has 31 heavy (non-hydrogen) atoms. The summed E-state index contributed by atoms with van der Waals surface area (Å²) in [6, 6.07) is 0. The van der Waals surface area contributed by atoms with Crippen molar-refractivity contribution in [1.29, 1.82) is 0 Å². The second-order valence-electron chi connectivity index (χ2n) is 7.97. The first-order chi connectivity index (χ1) is 14.8. The van der Waals surface area contributed by atoms with Gasteiger partial charge in [-0.2, -0.15) is 0 Å². The van der Waals surface area contributed by atoms with Gasteiger partial charge in [0.2, 0.25) is 0 Å². The summed E-state index contributed by atoms with van der Waals surface area (Å²) in [6.07, 6.45) is 13.3. The summed E-state index contributed by atoms with van der Waals surface area (Å²) in [6.45, 7) is 3.46. The minimum absolute atomic E-state index is 0.215. The van der Waals surface area contributed by atoms with Crippen LogP contribution in [0.3, 0.4) is 0 Å². The third-order valence-corrected chi connectivity index (χ3v) is 5.36. The number of ether oxygens (including phenoxy) is 2. The minimum Gasteiger partial charge on any atom is -0.462 e. The van der Waals surface area contributed by atoms with Gasteiger partial charge in [0, 0.05) is 12.8 Å². The van der Waals surface area contributed by atoms with Crippen molar-refractivity contribution in [3.05, 3.63) is 0 Å². The molecule has 0 aliphatic carbocycles. The summed E-state index contributed by atoms with van der Waals surface area (Å²) in [5.41, 5.74) is 0. The molecule has 0 saturated carbocycles. The molecule has 0 radical (unpaired) electrons. The van der Waals surface area contributed by atoms with Crippen LogP contribution in [0.2, 0.25) is 0 Å². The Bertz CT molecular complexity index is 506. The lowest BCUT2D eigenvalue weighted by atomic mass is 10.1. The van der Waals surface area contributed by atoms with E-state index in [4.69, 9.17) is 19.3 Å². The summed E-state index contributed by atoms with van der Waals surface area (Å²) >= 11 is 0. The topological polar surface area (TPSA) is 119 Å². The molecule has 0 aliphatic heterocycles. The summed E-state index contributed by atoms with van der Waals surface area (Å²) in [7, 11) is -4.71. The van der Waals surface area contributed by atoms with E-state index in [-0.39, 0.29) is 19.4 Å². The summed E-state index contributed by atoms with van der Waals surface area (Å²) in [4.78, 5) is 41.6. The van der Waals surface area contributed by atoms with E-state index in [1.54, 1.807) is 0 Å². The Morgan fingerprint density at radius 2 is 1.16 bits per heavy atom. The largest absolute Gasteiger partial charge is 0.469 e. The molecule has 0 aliphatic rings. The lowest BCUT2D eigenvalue weighted by Crippen LogP contribution is -2.29. The number of hydrogen-bond donors (Lipinski definition) is 2. The van der Waals surface area contributed by atoms with E-state index < -0.39 is 32.5 Å². The van der Waals surface area contributed by atoms with Crippen molar-refractivity contribution in [2.24, 2.45) is 0 Å². The third kappa shape index (κ3) is 22.0. The first-order valence-electron chi connectivity index (χ1n) is 11.8. The van der Waals surface area contributed by atoms with E-state index in [0.717, 1.165) is 38.5 Å². The molecule has 0 fully saturated rings. The average molecular weight is 467 g/mol. The lowest BCUT2D eigenvalue weighted by molar-refractivity contribution is -0.161. The maximum atomic E-state index is 12.1. The number of phosphoric ester groups is 1. The highest BCUT2D eigenvalue weighted by atomic mass is 31.2.